The van der Waals surface area contributed by atoms with E-state index in [0.29, 0.717) is 5.75 Å². The van der Waals surface area contributed by atoms with E-state index in [1.807, 2.05) is 12.1 Å². The Labute approximate surface area is 119 Å². The standard InChI is InChI=1S/C8H10O.3ClH.FH.HI/c1-2-7-4-3-5-8(9)6-7;;;;;/h3-6,9H,2H2,1H3;5*1H. The quantitative estimate of drug-likeness (QED) is 0.732. The number of phenols is 1. The van der Waals surface area contributed by atoms with Crippen molar-refractivity contribution in [2.45, 2.75) is 13.3 Å². The Morgan fingerprint density at radius 1 is 1.14 bits per heavy atom. The average molecular weight is 379 g/mol. The van der Waals surface area contributed by atoms with E-state index in [1.165, 1.54) is 5.56 Å². The summed E-state index contributed by atoms with van der Waals surface area (Å²) in [6, 6.07) is 7.31. The lowest BCUT2D eigenvalue weighted by Gasteiger charge is -1.94. The number of phenolic OH excluding ortho intramolecular Hbond substituents is 1. The zero-order valence-corrected chi connectivity index (χ0v) is 12.3. The molecule has 0 saturated carbocycles. The summed E-state index contributed by atoms with van der Waals surface area (Å²) in [6.45, 7) is 2.06. The smallest absolute Gasteiger partial charge is 0.115 e. The van der Waals surface area contributed by atoms with Gasteiger partial charge in [0.2, 0.25) is 0 Å². The summed E-state index contributed by atoms with van der Waals surface area (Å²) in [5, 5.41) is 8.94. The third kappa shape index (κ3) is 10.6. The first-order valence-electron chi connectivity index (χ1n) is 3.11. The molecule has 0 amide bonds. The number of halogens is 5. The van der Waals surface area contributed by atoms with Crippen LogP contribution in [-0.2, 0) is 6.42 Å². The maximum absolute atomic E-state index is 8.94. The lowest BCUT2D eigenvalue weighted by atomic mass is 10.2. The molecular formula is C8H15Cl3FIO. The number of aromatic hydroxyl groups is 1. The molecule has 0 fully saturated rings. The second kappa shape index (κ2) is 16.0. The molecule has 0 heterocycles. The summed E-state index contributed by atoms with van der Waals surface area (Å²) in [5.74, 6) is 0.356. The third-order valence-electron chi connectivity index (χ3n) is 1.32. The van der Waals surface area contributed by atoms with E-state index in [0.717, 1.165) is 6.42 Å². The fraction of sp³-hybridized carbons (Fsp3) is 0.250. The van der Waals surface area contributed by atoms with E-state index >= 15 is 0 Å². The van der Waals surface area contributed by atoms with Crippen LogP contribution in [-0.4, -0.2) is 5.11 Å². The third-order valence-corrected chi connectivity index (χ3v) is 1.32. The first kappa shape index (κ1) is 29.3. The molecule has 0 saturated heterocycles. The van der Waals surface area contributed by atoms with E-state index in [1.54, 1.807) is 12.1 Å². The zero-order chi connectivity index (χ0) is 6.69. The fourth-order valence-electron chi connectivity index (χ4n) is 0.776. The number of hydrogen-bond donors (Lipinski definition) is 1. The Morgan fingerprint density at radius 3 is 1.93 bits per heavy atom. The van der Waals surface area contributed by atoms with Gasteiger partial charge in [-0.25, -0.2) is 0 Å². The molecule has 88 valence electrons. The van der Waals surface area contributed by atoms with Gasteiger partial charge >= 0.3 is 0 Å². The van der Waals surface area contributed by atoms with Crippen LogP contribution in [0.25, 0.3) is 0 Å². The average Bonchev–Trinajstić information content (AvgIpc) is 1.88. The van der Waals surface area contributed by atoms with Crippen molar-refractivity contribution in [2.24, 2.45) is 0 Å². The van der Waals surface area contributed by atoms with Crippen molar-refractivity contribution in [3.8, 4) is 5.75 Å². The molecular weight excluding hydrogens is 364 g/mol. The van der Waals surface area contributed by atoms with Crippen LogP contribution < -0.4 is 0 Å². The molecule has 1 N–H and O–H groups in total. The summed E-state index contributed by atoms with van der Waals surface area (Å²) < 4.78 is 0. The fourth-order valence-corrected chi connectivity index (χ4v) is 0.776. The highest BCUT2D eigenvalue weighted by Crippen LogP contribution is 2.10. The molecule has 0 aliphatic carbocycles. The highest BCUT2D eigenvalue weighted by molar-refractivity contribution is 14.0. The van der Waals surface area contributed by atoms with Crippen LogP contribution in [0.4, 0.5) is 4.70 Å². The maximum Gasteiger partial charge on any atom is 0.115 e. The summed E-state index contributed by atoms with van der Waals surface area (Å²) in [5.41, 5.74) is 1.18. The van der Waals surface area contributed by atoms with Gasteiger partial charge in [-0.1, -0.05) is 19.1 Å². The van der Waals surface area contributed by atoms with Gasteiger partial charge in [-0.15, -0.1) is 61.2 Å². The Hall–Kier alpha value is 0.550. The van der Waals surface area contributed by atoms with Crippen LogP contribution in [0.1, 0.15) is 12.5 Å². The normalized spacial score (nSPS) is 6.07. The van der Waals surface area contributed by atoms with Crippen molar-refractivity contribution in [3.05, 3.63) is 29.8 Å². The zero-order valence-electron chi connectivity index (χ0n) is 7.50. The van der Waals surface area contributed by atoms with Gasteiger partial charge < -0.3 is 5.11 Å². The molecule has 1 aromatic rings. The topological polar surface area (TPSA) is 20.2 Å². The Balaban J connectivity index is -0.0000000540. The maximum atomic E-state index is 8.94. The van der Waals surface area contributed by atoms with Gasteiger partial charge in [-0.2, -0.15) is 0 Å². The van der Waals surface area contributed by atoms with Gasteiger partial charge in [0.05, 0.1) is 0 Å². The largest absolute Gasteiger partial charge is 0.508 e. The van der Waals surface area contributed by atoms with E-state index in [-0.39, 0.29) is 65.9 Å². The van der Waals surface area contributed by atoms with E-state index < -0.39 is 0 Å². The molecule has 0 radical (unpaired) electrons. The molecule has 0 spiro atoms. The van der Waals surface area contributed by atoms with Gasteiger partial charge in [0.1, 0.15) is 5.75 Å². The minimum atomic E-state index is 0. The molecule has 0 atom stereocenters. The van der Waals surface area contributed by atoms with E-state index in [2.05, 4.69) is 6.92 Å². The van der Waals surface area contributed by atoms with Crippen LogP contribution in [0.15, 0.2) is 24.3 Å². The highest BCUT2D eigenvalue weighted by Gasteiger charge is 1.87. The molecule has 0 bridgehead atoms. The van der Waals surface area contributed by atoms with Gasteiger partial charge in [-0.05, 0) is 24.1 Å². The van der Waals surface area contributed by atoms with Crippen molar-refractivity contribution in [2.75, 3.05) is 0 Å². The number of rotatable bonds is 1. The van der Waals surface area contributed by atoms with Crippen molar-refractivity contribution in [1.29, 1.82) is 0 Å². The number of benzene rings is 1. The Bertz CT molecular complexity index is 214. The molecule has 1 nitrogen and oxygen atoms in total. The predicted octanol–water partition coefficient (Wildman–Crippen LogP) is 3.99. The second-order valence-electron chi connectivity index (χ2n) is 2.02. The minimum absolute atomic E-state index is 0. The minimum Gasteiger partial charge on any atom is -0.508 e. The second-order valence-corrected chi connectivity index (χ2v) is 2.02. The van der Waals surface area contributed by atoms with Crippen molar-refractivity contribution < 1.29 is 9.81 Å². The lowest BCUT2D eigenvalue weighted by Crippen LogP contribution is -1.75. The van der Waals surface area contributed by atoms with E-state index in [4.69, 9.17) is 5.11 Å². The summed E-state index contributed by atoms with van der Waals surface area (Å²) in [4.78, 5) is 0. The molecule has 1 aromatic carbocycles. The number of hydrogen-bond acceptors (Lipinski definition) is 1. The molecule has 6 heteroatoms. The first-order chi connectivity index (χ1) is 4.33. The van der Waals surface area contributed by atoms with Gasteiger partial charge in [0.15, 0.2) is 0 Å². The van der Waals surface area contributed by atoms with Crippen LogP contribution >= 0.6 is 61.2 Å². The van der Waals surface area contributed by atoms with Crippen molar-refractivity contribution in [3.63, 3.8) is 0 Å². The monoisotopic (exact) mass is 378 g/mol. The summed E-state index contributed by atoms with van der Waals surface area (Å²) in [6.07, 6.45) is 0.981. The van der Waals surface area contributed by atoms with Crippen molar-refractivity contribution in [1.82, 2.24) is 0 Å². The van der Waals surface area contributed by atoms with Crippen LogP contribution in [0.5, 0.6) is 5.75 Å². The Morgan fingerprint density at radius 2 is 1.64 bits per heavy atom. The highest BCUT2D eigenvalue weighted by atomic mass is 127. The molecule has 1 rings (SSSR count). The van der Waals surface area contributed by atoms with Crippen LogP contribution in [0.3, 0.4) is 0 Å². The molecule has 0 aromatic heterocycles. The Kier molecular flexibility index (Phi) is 33.5. The first-order valence-corrected chi connectivity index (χ1v) is 3.11. The van der Waals surface area contributed by atoms with Gasteiger partial charge in [-0.3, -0.25) is 4.70 Å². The van der Waals surface area contributed by atoms with Crippen molar-refractivity contribution >= 4 is 61.2 Å². The van der Waals surface area contributed by atoms with E-state index in [9.17, 15) is 0 Å². The lowest BCUT2D eigenvalue weighted by molar-refractivity contribution is 0.474. The summed E-state index contributed by atoms with van der Waals surface area (Å²) in [7, 11) is 0. The molecule has 0 aliphatic rings. The molecule has 0 aliphatic heterocycles. The SMILES string of the molecule is CCc1cccc(O)c1.Cl.Cl.Cl.F.I. The summed E-state index contributed by atoms with van der Waals surface area (Å²) >= 11 is 0. The molecule has 14 heavy (non-hydrogen) atoms. The number of aryl methyl sites for hydroxylation is 1. The van der Waals surface area contributed by atoms with Crippen LogP contribution in [0, 0.1) is 0 Å². The predicted molar refractivity (Wildman–Crippen MR) is 77.1 cm³/mol. The van der Waals surface area contributed by atoms with Gasteiger partial charge in [0.25, 0.3) is 0 Å². The molecule has 0 unspecified atom stereocenters. The van der Waals surface area contributed by atoms with Crippen LogP contribution in [0.2, 0.25) is 0 Å². The van der Waals surface area contributed by atoms with Gasteiger partial charge in [0, 0.05) is 0 Å².